The van der Waals surface area contributed by atoms with Crippen molar-refractivity contribution in [3.8, 4) is 0 Å². The van der Waals surface area contributed by atoms with E-state index in [9.17, 15) is 0 Å². The third-order valence-electron chi connectivity index (χ3n) is 2.44. The summed E-state index contributed by atoms with van der Waals surface area (Å²) < 4.78 is 0. The highest BCUT2D eigenvalue weighted by molar-refractivity contribution is 5.85. The third-order valence-corrected chi connectivity index (χ3v) is 2.44. The quantitative estimate of drug-likeness (QED) is 0.686. The minimum Gasteiger partial charge on any atom is -0.330 e. The maximum atomic E-state index is 5.55. The van der Waals surface area contributed by atoms with E-state index in [0.29, 0.717) is 6.54 Å². The summed E-state index contributed by atoms with van der Waals surface area (Å²) in [5.41, 5.74) is 5.53. The number of nitrogens with two attached hydrogens (primary N) is 1. The highest BCUT2D eigenvalue weighted by atomic mass is 35.5. The molecule has 0 aromatic carbocycles. The zero-order valence-electron chi connectivity index (χ0n) is 9.42. The molecule has 0 aliphatic heterocycles. The zero-order valence-corrected chi connectivity index (χ0v) is 10.2. The summed E-state index contributed by atoms with van der Waals surface area (Å²) in [4.78, 5) is 8.35. The third kappa shape index (κ3) is 5.38. The van der Waals surface area contributed by atoms with Gasteiger partial charge in [0.15, 0.2) is 0 Å². The summed E-state index contributed by atoms with van der Waals surface area (Å²) in [6, 6.07) is 2.76. The average molecular weight is 220 g/mol. The van der Waals surface area contributed by atoms with Crippen LogP contribution in [0.3, 0.4) is 0 Å². The summed E-state index contributed by atoms with van der Waals surface area (Å²) in [7, 11) is 0. The smallest absolute Gasteiger partial charge is 0.0898 e. The van der Waals surface area contributed by atoms with Gasteiger partial charge in [-0.1, -0.05) is 13.8 Å². The van der Waals surface area contributed by atoms with Gasteiger partial charge in [-0.3, -0.25) is 0 Å². The van der Waals surface area contributed by atoms with Gasteiger partial charge in [0.1, 0.15) is 0 Å². The van der Waals surface area contributed by atoms with Crippen molar-refractivity contribution in [2.24, 2.45) is 15.7 Å². The fraction of sp³-hybridized carbons (Fsp3) is 0.900. The zero-order chi connectivity index (χ0) is 10.2. The van der Waals surface area contributed by atoms with E-state index in [1.54, 1.807) is 0 Å². The average Bonchev–Trinajstić information content (AvgIpc) is 2.17. The van der Waals surface area contributed by atoms with E-state index in [-0.39, 0.29) is 17.9 Å². The molecule has 0 aromatic rings. The summed E-state index contributed by atoms with van der Waals surface area (Å²) in [5, 5.41) is 0. The van der Waals surface area contributed by atoms with E-state index in [0.717, 1.165) is 25.8 Å². The molecule has 0 saturated heterocycles. The topological polar surface area (TPSA) is 50.7 Å². The van der Waals surface area contributed by atoms with Gasteiger partial charge in [-0.05, 0) is 32.7 Å². The van der Waals surface area contributed by atoms with Gasteiger partial charge in [0.25, 0.3) is 0 Å². The van der Waals surface area contributed by atoms with Crippen LogP contribution in [-0.2, 0) is 0 Å². The van der Waals surface area contributed by atoms with E-state index in [1.807, 2.05) is 6.92 Å². The lowest BCUT2D eigenvalue weighted by Crippen LogP contribution is -2.27. The first-order chi connectivity index (χ1) is 6.24. The summed E-state index contributed by atoms with van der Waals surface area (Å²) in [6.45, 7) is 7.67. The largest absolute Gasteiger partial charge is 0.330 e. The molecule has 0 heterocycles. The Hall–Kier alpha value is -0.370. The lowest BCUT2D eigenvalue weighted by Gasteiger charge is -2.24. The van der Waals surface area contributed by atoms with Crippen LogP contribution in [0.1, 0.15) is 40.0 Å². The number of nitrogens with zero attached hydrogens (tertiary/aromatic N) is 2. The first kappa shape index (κ1) is 16.1. The minimum atomic E-state index is -0.0204. The molecule has 84 valence electrons. The Labute approximate surface area is 93.3 Å². The molecule has 2 N–H and O–H groups in total. The van der Waals surface area contributed by atoms with Crippen molar-refractivity contribution in [3.63, 3.8) is 0 Å². The Morgan fingerprint density at radius 2 is 1.79 bits per heavy atom. The number of aliphatic imine (C=N–C) groups is 2. The second-order valence-electron chi connectivity index (χ2n) is 3.16. The SMILES string of the molecule is CCN=C=NC(CC)(CC)CCN.Cl. The van der Waals surface area contributed by atoms with Crippen molar-refractivity contribution >= 4 is 18.4 Å². The number of halogens is 1. The van der Waals surface area contributed by atoms with Crippen LogP contribution in [0, 0.1) is 0 Å². The molecule has 0 amide bonds. The van der Waals surface area contributed by atoms with E-state index in [2.05, 4.69) is 29.8 Å². The molecule has 0 atom stereocenters. The van der Waals surface area contributed by atoms with Crippen molar-refractivity contribution in [2.45, 2.75) is 45.6 Å². The molecule has 0 fully saturated rings. The molecule has 3 nitrogen and oxygen atoms in total. The molecule has 0 unspecified atom stereocenters. The molecule has 0 saturated carbocycles. The molecule has 14 heavy (non-hydrogen) atoms. The highest BCUT2D eigenvalue weighted by Crippen LogP contribution is 2.23. The molecule has 0 aliphatic carbocycles. The van der Waals surface area contributed by atoms with Crippen LogP contribution < -0.4 is 5.73 Å². The highest BCUT2D eigenvalue weighted by Gasteiger charge is 2.23. The predicted octanol–water partition coefficient (Wildman–Crippen LogP) is 2.51. The van der Waals surface area contributed by atoms with E-state index in [1.165, 1.54) is 0 Å². The summed E-state index contributed by atoms with van der Waals surface area (Å²) >= 11 is 0. The number of rotatable bonds is 6. The maximum absolute atomic E-state index is 5.55. The van der Waals surface area contributed by atoms with E-state index >= 15 is 0 Å². The minimum absolute atomic E-state index is 0. The second kappa shape index (κ2) is 9.20. The summed E-state index contributed by atoms with van der Waals surface area (Å²) in [6.07, 6.45) is 2.94. The van der Waals surface area contributed by atoms with Gasteiger partial charge >= 0.3 is 0 Å². The Kier molecular flexibility index (Phi) is 10.6. The van der Waals surface area contributed by atoms with Gasteiger partial charge in [-0.2, -0.15) is 0 Å². The summed E-state index contributed by atoms with van der Waals surface area (Å²) in [5.74, 6) is 0. The van der Waals surface area contributed by atoms with Crippen molar-refractivity contribution < 1.29 is 0 Å². The van der Waals surface area contributed by atoms with Crippen LogP contribution in [0.5, 0.6) is 0 Å². The van der Waals surface area contributed by atoms with Crippen LogP contribution >= 0.6 is 12.4 Å². The first-order valence-electron chi connectivity index (χ1n) is 5.08. The molecule has 0 aromatic heterocycles. The predicted molar refractivity (Wildman–Crippen MR) is 64.6 cm³/mol. The van der Waals surface area contributed by atoms with E-state index < -0.39 is 0 Å². The lowest BCUT2D eigenvalue weighted by molar-refractivity contribution is 0.378. The molecule has 0 radical (unpaired) electrons. The van der Waals surface area contributed by atoms with Crippen LogP contribution in [0.2, 0.25) is 0 Å². The van der Waals surface area contributed by atoms with Gasteiger partial charge in [0.05, 0.1) is 11.5 Å². The molecular weight excluding hydrogens is 198 g/mol. The fourth-order valence-corrected chi connectivity index (χ4v) is 1.30. The van der Waals surface area contributed by atoms with Crippen molar-refractivity contribution in [2.75, 3.05) is 13.1 Å². The monoisotopic (exact) mass is 219 g/mol. The van der Waals surface area contributed by atoms with Crippen LogP contribution in [0.4, 0.5) is 0 Å². The fourth-order valence-electron chi connectivity index (χ4n) is 1.30. The molecule has 0 spiro atoms. The van der Waals surface area contributed by atoms with Gasteiger partial charge in [-0.15, -0.1) is 12.4 Å². The van der Waals surface area contributed by atoms with E-state index in [4.69, 9.17) is 5.73 Å². The maximum Gasteiger partial charge on any atom is 0.0898 e. The van der Waals surface area contributed by atoms with Crippen molar-refractivity contribution in [1.29, 1.82) is 0 Å². The number of hydrogen-bond donors (Lipinski definition) is 1. The molecule has 0 bridgehead atoms. The van der Waals surface area contributed by atoms with Crippen LogP contribution in [0.15, 0.2) is 9.98 Å². The number of hydrogen-bond acceptors (Lipinski definition) is 3. The molecule has 0 rings (SSSR count). The van der Waals surface area contributed by atoms with Crippen molar-refractivity contribution in [1.82, 2.24) is 0 Å². The van der Waals surface area contributed by atoms with Crippen LogP contribution in [-0.4, -0.2) is 24.6 Å². The first-order valence-corrected chi connectivity index (χ1v) is 5.08. The molecular formula is C10H22ClN3. The lowest BCUT2D eigenvalue weighted by atomic mass is 9.90. The Bertz CT molecular complexity index is 182. The Morgan fingerprint density at radius 1 is 1.21 bits per heavy atom. The van der Waals surface area contributed by atoms with Gasteiger partial charge in [0.2, 0.25) is 0 Å². The second-order valence-corrected chi connectivity index (χ2v) is 3.16. The normalized spacial score (nSPS) is 10.0. The Balaban J connectivity index is 0. The molecule has 0 aliphatic rings. The van der Waals surface area contributed by atoms with Crippen molar-refractivity contribution in [3.05, 3.63) is 0 Å². The van der Waals surface area contributed by atoms with Crippen LogP contribution in [0.25, 0.3) is 0 Å². The Morgan fingerprint density at radius 3 is 2.14 bits per heavy atom. The van der Waals surface area contributed by atoms with Gasteiger partial charge in [-0.25, -0.2) is 9.98 Å². The van der Waals surface area contributed by atoms with Gasteiger partial charge in [0, 0.05) is 6.54 Å². The van der Waals surface area contributed by atoms with Gasteiger partial charge < -0.3 is 5.73 Å². The standard InChI is InChI=1S/C10H21N3.ClH/c1-4-10(5-2,7-8-11)13-9-12-6-3;/h4-8,11H2,1-3H3;1H. The molecule has 4 heteroatoms.